The molecule has 0 bridgehead atoms. The molecule has 1 saturated carbocycles. The lowest BCUT2D eigenvalue weighted by atomic mass is 10.1. The molecule has 0 aromatic carbocycles. The number of nitrogens with zero attached hydrogens (tertiary/aromatic N) is 1. The van der Waals surface area contributed by atoms with Gasteiger partial charge in [-0.25, -0.2) is 0 Å². The van der Waals surface area contributed by atoms with Crippen molar-refractivity contribution >= 4 is 0 Å². The first kappa shape index (κ1) is 11.8. The normalized spacial score (nSPS) is 28.7. The summed E-state index contributed by atoms with van der Waals surface area (Å²) in [6.45, 7) is -0.810. The van der Waals surface area contributed by atoms with Gasteiger partial charge < -0.3 is 5.32 Å². The molecule has 14 heavy (non-hydrogen) atoms. The van der Waals surface area contributed by atoms with E-state index in [4.69, 9.17) is 0 Å². The van der Waals surface area contributed by atoms with E-state index in [2.05, 4.69) is 5.32 Å². The lowest BCUT2D eigenvalue weighted by Gasteiger charge is -2.29. The predicted octanol–water partition coefficient (Wildman–Crippen LogP) is 1.62. The van der Waals surface area contributed by atoms with Gasteiger partial charge in [-0.05, 0) is 26.9 Å². The Labute approximate surface area is 82.5 Å². The van der Waals surface area contributed by atoms with Gasteiger partial charge in [0.1, 0.15) is 0 Å². The van der Waals surface area contributed by atoms with Gasteiger partial charge >= 0.3 is 6.18 Å². The van der Waals surface area contributed by atoms with E-state index in [0.717, 1.165) is 19.3 Å². The molecule has 0 spiro atoms. The number of nitrogens with one attached hydrogen (secondary N) is 1. The molecule has 0 aliphatic heterocycles. The molecule has 0 aromatic rings. The Morgan fingerprint density at radius 2 is 2.00 bits per heavy atom. The largest absolute Gasteiger partial charge is 0.401 e. The highest BCUT2D eigenvalue weighted by Crippen LogP contribution is 2.26. The van der Waals surface area contributed by atoms with Crippen molar-refractivity contribution in [3.05, 3.63) is 0 Å². The van der Waals surface area contributed by atoms with Crippen LogP contribution >= 0.6 is 0 Å². The van der Waals surface area contributed by atoms with E-state index in [0.29, 0.717) is 0 Å². The fourth-order valence-electron chi connectivity index (χ4n) is 2.20. The van der Waals surface area contributed by atoms with Gasteiger partial charge in [-0.3, -0.25) is 4.90 Å². The maximum absolute atomic E-state index is 12.1. The summed E-state index contributed by atoms with van der Waals surface area (Å²) in [5.41, 5.74) is 0. The van der Waals surface area contributed by atoms with Crippen LogP contribution < -0.4 is 5.32 Å². The molecule has 1 rings (SSSR count). The van der Waals surface area contributed by atoms with E-state index in [1.807, 2.05) is 7.05 Å². The number of hydrogen-bond donors (Lipinski definition) is 1. The molecule has 84 valence electrons. The first-order valence-corrected chi connectivity index (χ1v) is 4.88. The zero-order valence-corrected chi connectivity index (χ0v) is 8.56. The molecule has 0 radical (unpaired) electrons. The summed E-state index contributed by atoms with van der Waals surface area (Å²) in [7, 11) is 3.36. The molecule has 2 nitrogen and oxygen atoms in total. The predicted molar refractivity (Wildman–Crippen MR) is 49.2 cm³/mol. The molecule has 2 atom stereocenters. The van der Waals surface area contributed by atoms with E-state index in [-0.39, 0.29) is 12.1 Å². The van der Waals surface area contributed by atoms with Crippen molar-refractivity contribution in [3.63, 3.8) is 0 Å². The van der Waals surface area contributed by atoms with Crippen LogP contribution in [0.15, 0.2) is 0 Å². The minimum Gasteiger partial charge on any atom is -0.315 e. The molecular formula is C9H17F3N2. The number of halogens is 3. The molecule has 2 unspecified atom stereocenters. The van der Waals surface area contributed by atoms with Gasteiger partial charge in [0.25, 0.3) is 0 Å². The smallest absolute Gasteiger partial charge is 0.315 e. The Hall–Kier alpha value is -0.290. The minimum atomic E-state index is -4.09. The number of alkyl halides is 3. The van der Waals surface area contributed by atoms with E-state index < -0.39 is 12.7 Å². The van der Waals surface area contributed by atoms with E-state index in [1.54, 1.807) is 7.05 Å². The summed E-state index contributed by atoms with van der Waals surface area (Å²) < 4.78 is 36.4. The minimum absolute atomic E-state index is 0.0293. The Morgan fingerprint density at radius 1 is 1.36 bits per heavy atom. The SMILES string of the molecule is CNC1CCCC1N(C)CC(F)(F)F. The van der Waals surface area contributed by atoms with Gasteiger partial charge in [0.2, 0.25) is 0 Å². The molecule has 5 heteroatoms. The first-order valence-electron chi connectivity index (χ1n) is 4.88. The van der Waals surface area contributed by atoms with Crippen molar-refractivity contribution in [2.75, 3.05) is 20.6 Å². The summed E-state index contributed by atoms with van der Waals surface area (Å²) in [5.74, 6) is 0. The van der Waals surface area contributed by atoms with Crippen molar-refractivity contribution in [1.82, 2.24) is 10.2 Å². The van der Waals surface area contributed by atoms with Gasteiger partial charge in [-0.15, -0.1) is 0 Å². The van der Waals surface area contributed by atoms with Gasteiger partial charge in [-0.2, -0.15) is 13.2 Å². The quantitative estimate of drug-likeness (QED) is 0.761. The van der Waals surface area contributed by atoms with Crippen LogP contribution in [0.4, 0.5) is 13.2 Å². The Bertz CT molecular complexity index is 181. The molecule has 0 amide bonds. The van der Waals surface area contributed by atoms with Crippen molar-refractivity contribution < 1.29 is 13.2 Å². The maximum Gasteiger partial charge on any atom is 0.401 e. The monoisotopic (exact) mass is 210 g/mol. The fourth-order valence-corrected chi connectivity index (χ4v) is 2.20. The zero-order chi connectivity index (χ0) is 10.8. The second kappa shape index (κ2) is 4.49. The summed E-state index contributed by atoms with van der Waals surface area (Å²) >= 11 is 0. The summed E-state index contributed by atoms with van der Waals surface area (Å²) in [5, 5.41) is 3.07. The molecule has 0 aromatic heterocycles. The van der Waals surface area contributed by atoms with Crippen LogP contribution in [-0.4, -0.2) is 43.8 Å². The average Bonchev–Trinajstić information content (AvgIpc) is 2.47. The molecule has 0 heterocycles. The van der Waals surface area contributed by atoms with Crippen LogP contribution in [0.1, 0.15) is 19.3 Å². The first-order chi connectivity index (χ1) is 6.44. The topological polar surface area (TPSA) is 15.3 Å². The molecule has 1 fully saturated rings. The summed E-state index contributed by atoms with van der Waals surface area (Å²) in [4.78, 5) is 1.41. The van der Waals surface area contributed by atoms with E-state index >= 15 is 0 Å². The third-order valence-electron chi connectivity index (χ3n) is 2.85. The zero-order valence-electron chi connectivity index (χ0n) is 8.56. The fraction of sp³-hybridized carbons (Fsp3) is 1.00. The second-order valence-corrected chi connectivity index (χ2v) is 3.92. The Balaban J connectivity index is 2.47. The highest BCUT2D eigenvalue weighted by atomic mass is 19.4. The summed E-state index contributed by atoms with van der Waals surface area (Å²) in [6.07, 6.45) is -1.24. The van der Waals surface area contributed by atoms with Crippen LogP contribution in [0.2, 0.25) is 0 Å². The molecular weight excluding hydrogens is 193 g/mol. The number of rotatable bonds is 3. The van der Waals surface area contributed by atoms with Crippen molar-refractivity contribution in [1.29, 1.82) is 0 Å². The molecule has 1 N–H and O–H groups in total. The van der Waals surface area contributed by atoms with Gasteiger partial charge in [-0.1, -0.05) is 6.42 Å². The van der Waals surface area contributed by atoms with Gasteiger partial charge in [0.05, 0.1) is 6.54 Å². The average molecular weight is 210 g/mol. The number of hydrogen-bond acceptors (Lipinski definition) is 2. The van der Waals surface area contributed by atoms with Gasteiger partial charge in [0.15, 0.2) is 0 Å². The van der Waals surface area contributed by atoms with Gasteiger partial charge in [0, 0.05) is 12.1 Å². The standard InChI is InChI=1S/C9H17F3N2/c1-13-7-4-3-5-8(7)14(2)6-9(10,11)12/h7-8,13H,3-6H2,1-2H3. The third-order valence-corrected chi connectivity index (χ3v) is 2.85. The lowest BCUT2D eigenvalue weighted by molar-refractivity contribution is -0.147. The third kappa shape index (κ3) is 3.13. The summed E-state index contributed by atoms with van der Waals surface area (Å²) in [6, 6.07) is 0.240. The lowest BCUT2D eigenvalue weighted by Crippen LogP contribution is -2.47. The highest BCUT2D eigenvalue weighted by Gasteiger charge is 2.36. The van der Waals surface area contributed by atoms with Crippen LogP contribution in [0.25, 0.3) is 0 Å². The Morgan fingerprint density at radius 3 is 2.50 bits per heavy atom. The van der Waals surface area contributed by atoms with Crippen LogP contribution in [0.3, 0.4) is 0 Å². The van der Waals surface area contributed by atoms with Crippen molar-refractivity contribution in [2.24, 2.45) is 0 Å². The molecule has 1 aliphatic rings. The van der Waals surface area contributed by atoms with Crippen LogP contribution in [0, 0.1) is 0 Å². The molecule has 1 aliphatic carbocycles. The van der Waals surface area contributed by atoms with Crippen LogP contribution in [-0.2, 0) is 0 Å². The molecule has 0 saturated heterocycles. The second-order valence-electron chi connectivity index (χ2n) is 3.92. The van der Waals surface area contributed by atoms with E-state index in [9.17, 15) is 13.2 Å². The van der Waals surface area contributed by atoms with Crippen molar-refractivity contribution in [3.8, 4) is 0 Å². The van der Waals surface area contributed by atoms with Crippen molar-refractivity contribution in [2.45, 2.75) is 37.5 Å². The Kier molecular flexibility index (Phi) is 3.78. The maximum atomic E-state index is 12.1. The van der Waals surface area contributed by atoms with E-state index in [1.165, 1.54) is 4.90 Å². The van der Waals surface area contributed by atoms with Crippen LogP contribution in [0.5, 0.6) is 0 Å². The number of likely N-dealkylation sites (N-methyl/N-ethyl adjacent to an activating group) is 2. The highest BCUT2D eigenvalue weighted by molar-refractivity contribution is 4.88.